The van der Waals surface area contributed by atoms with Crippen molar-refractivity contribution in [1.29, 1.82) is 0 Å². The van der Waals surface area contributed by atoms with Gasteiger partial charge < -0.3 is 10.2 Å². The van der Waals surface area contributed by atoms with Crippen molar-refractivity contribution < 1.29 is 4.79 Å². The van der Waals surface area contributed by atoms with Crippen LogP contribution >= 0.6 is 36.2 Å². The van der Waals surface area contributed by atoms with Crippen LogP contribution in [0.25, 0.3) is 10.2 Å². The fourth-order valence-electron chi connectivity index (χ4n) is 5.08. The molecule has 29 heavy (non-hydrogen) atoms. The zero-order chi connectivity index (χ0) is 18.2. The fourth-order valence-corrected chi connectivity index (χ4v) is 6.23. The number of rotatable bonds is 2. The molecule has 1 aromatic heterocycles. The van der Waals surface area contributed by atoms with Crippen molar-refractivity contribution in [2.75, 3.05) is 26.2 Å². The summed E-state index contributed by atoms with van der Waals surface area (Å²) in [5.41, 5.74) is 1.06. The highest BCUT2D eigenvalue weighted by molar-refractivity contribution is 7.18. The van der Waals surface area contributed by atoms with Gasteiger partial charge in [0.1, 0.15) is 0 Å². The number of likely N-dealkylation sites (tertiary alicyclic amines) is 1. The minimum absolute atomic E-state index is 0. The lowest BCUT2D eigenvalue weighted by atomic mass is 9.82. The van der Waals surface area contributed by atoms with Gasteiger partial charge in [-0.05, 0) is 62.7 Å². The van der Waals surface area contributed by atoms with E-state index in [9.17, 15) is 4.79 Å². The van der Waals surface area contributed by atoms with Gasteiger partial charge in [-0.3, -0.25) is 4.79 Å². The van der Waals surface area contributed by atoms with Gasteiger partial charge in [0, 0.05) is 19.0 Å². The number of hydrogen-bond acceptors (Lipinski definition) is 4. The van der Waals surface area contributed by atoms with Crippen molar-refractivity contribution >= 4 is 52.3 Å². The Kier molecular flexibility index (Phi) is 7.60. The third-order valence-electron chi connectivity index (χ3n) is 6.71. The van der Waals surface area contributed by atoms with Crippen LogP contribution in [-0.2, 0) is 4.79 Å². The van der Waals surface area contributed by atoms with Crippen LogP contribution in [0.4, 0.5) is 0 Å². The fraction of sp³-hybridized carbons (Fsp3) is 0.545. The van der Waals surface area contributed by atoms with E-state index in [1.807, 2.05) is 6.07 Å². The minimum Gasteiger partial charge on any atom is -0.342 e. The molecule has 5 rings (SSSR count). The monoisotopic (exact) mass is 453 g/mol. The summed E-state index contributed by atoms with van der Waals surface area (Å²) in [7, 11) is 0. The Morgan fingerprint density at radius 1 is 1.03 bits per heavy atom. The number of thiazole rings is 1. The summed E-state index contributed by atoms with van der Waals surface area (Å²) in [6.07, 6.45) is 8.51. The number of carbonyl (C=O) groups is 1. The van der Waals surface area contributed by atoms with Crippen molar-refractivity contribution in [2.24, 2.45) is 17.8 Å². The van der Waals surface area contributed by atoms with Crippen molar-refractivity contribution in [3.63, 3.8) is 0 Å². The Balaban J connectivity index is 0.00000120. The molecule has 1 amide bonds. The number of aromatic nitrogens is 1. The molecule has 0 bridgehead atoms. The average molecular weight is 454 g/mol. The van der Waals surface area contributed by atoms with E-state index in [2.05, 4.69) is 40.6 Å². The van der Waals surface area contributed by atoms with E-state index in [0.29, 0.717) is 5.91 Å². The minimum atomic E-state index is 0. The first kappa shape index (κ1) is 22.5. The lowest BCUT2D eigenvalue weighted by molar-refractivity contribution is -0.136. The number of benzene rings is 1. The normalized spacial score (nSPS) is 28.9. The maximum absolute atomic E-state index is 13.5. The van der Waals surface area contributed by atoms with E-state index < -0.39 is 0 Å². The van der Waals surface area contributed by atoms with Gasteiger partial charge in [-0.15, -0.1) is 36.2 Å². The Hall–Kier alpha value is -1.14. The average Bonchev–Trinajstić information content (AvgIpc) is 3.29. The zero-order valence-corrected chi connectivity index (χ0v) is 18.9. The lowest BCUT2D eigenvalue weighted by Gasteiger charge is -2.31. The highest BCUT2D eigenvalue weighted by Gasteiger charge is 2.37. The van der Waals surface area contributed by atoms with Gasteiger partial charge in [-0.25, -0.2) is 4.98 Å². The maximum Gasteiger partial charge on any atom is 0.226 e. The van der Waals surface area contributed by atoms with Gasteiger partial charge in [0.15, 0.2) is 0 Å². The van der Waals surface area contributed by atoms with Crippen LogP contribution in [0.1, 0.15) is 36.6 Å². The van der Waals surface area contributed by atoms with E-state index in [-0.39, 0.29) is 36.6 Å². The second kappa shape index (κ2) is 9.78. The summed E-state index contributed by atoms with van der Waals surface area (Å²) < 4.78 is 1.23. The number of carbonyl (C=O) groups excluding carboxylic acids is 1. The van der Waals surface area contributed by atoms with Gasteiger partial charge in [0.05, 0.1) is 21.1 Å². The van der Waals surface area contributed by atoms with Gasteiger partial charge >= 0.3 is 0 Å². The van der Waals surface area contributed by atoms with E-state index in [0.717, 1.165) is 74.2 Å². The SMILES string of the molecule is Cl.Cl.O=C(C1CC=CCC1c1nc2ccccc2s1)N1CC[C@@H]2CNC[C@@H]2CC1. The molecule has 2 unspecified atom stereocenters. The lowest BCUT2D eigenvalue weighted by Crippen LogP contribution is -2.40. The second-order valence-electron chi connectivity index (χ2n) is 8.26. The van der Waals surface area contributed by atoms with Crippen LogP contribution in [-0.4, -0.2) is 42.0 Å². The van der Waals surface area contributed by atoms with Crippen LogP contribution in [0, 0.1) is 17.8 Å². The molecule has 2 aromatic rings. The van der Waals surface area contributed by atoms with Crippen LogP contribution in [0.2, 0.25) is 0 Å². The Morgan fingerprint density at radius 2 is 1.72 bits per heavy atom. The molecule has 1 aromatic carbocycles. The summed E-state index contributed by atoms with van der Waals surface area (Å²) in [4.78, 5) is 20.5. The first-order valence-electron chi connectivity index (χ1n) is 10.3. The van der Waals surface area contributed by atoms with Crippen LogP contribution in [0.15, 0.2) is 36.4 Å². The van der Waals surface area contributed by atoms with E-state index >= 15 is 0 Å². The summed E-state index contributed by atoms with van der Waals surface area (Å²) in [5.74, 6) is 2.15. The van der Waals surface area contributed by atoms with E-state index in [4.69, 9.17) is 4.98 Å². The number of allylic oxidation sites excluding steroid dienone is 2. The Labute approximate surface area is 189 Å². The Bertz CT molecular complexity index is 824. The third kappa shape index (κ3) is 4.48. The number of para-hydroxylation sites is 1. The summed E-state index contributed by atoms with van der Waals surface area (Å²) in [6, 6.07) is 8.31. The van der Waals surface area contributed by atoms with Gasteiger partial charge in [0.2, 0.25) is 5.91 Å². The molecule has 0 spiro atoms. The molecule has 2 saturated heterocycles. The smallest absolute Gasteiger partial charge is 0.226 e. The maximum atomic E-state index is 13.5. The second-order valence-corrected chi connectivity index (χ2v) is 9.32. The molecule has 0 saturated carbocycles. The third-order valence-corrected chi connectivity index (χ3v) is 7.88. The molecular formula is C22H29Cl2N3OS. The summed E-state index contributed by atoms with van der Waals surface area (Å²) in [6.45, 7) is 4.11. The highest BCUT2D eigenvalue weighted by Crippen LogP contribution is 2.40. The van der Waals surface area contributed by atoms with Gasteiger partial charge in [-0.1, -0.05) is 24.3 Å². The number of halogens is 2. The van der Waals surface area contributed by atoms with E-state index in [1.165, 1.54) is 4.70 Å². The predicted octanol–water partition coefficient (Wildman–Crippen LogP) is 4.65. The zero-order valence-electron chi connectivity index (χ0n) is 16.5. The molecule has 0 radical (unpaired) electrons. The van der Waals surface area contributed by atoms with Crippen molar-refractivity contribution in [2.45, 2.75) is 31.6 Å². The molecule has 2 fully saturated rings. The summed E-state index contributed by atoms with van der Waals surface area (Å²) in [5, 5.41) is 4.66. The molecule has 2 aliphatic heterocycles. The van der Waals surface area contributed by atoms with Crippen molar-refractivity contribution in [3.05, 3.63) is 41.4 Å². The standard InChI is InChI=1S/C22H27N3OS.2ClH/c26-22(25-11-9-15-13-23-14-16(15)10-12-25)18-6-2-1-5-17(18)21-24-19-7-3-4-8-20(19)27-21;;/h1-4,7-8,15-18,23H,5-6,9-14H2;2*1H/t15-,16+,17?,18?;;. The molecule has 4 nitrogen and oxygen atoms in total. The number of nitrogens with zero attached hydrogens (tertiary/aromatic N) is 2. The molecular weight excluding hydrogens is 425 g/mol. The molecule has 158 valence electrons. The topological polar surface area (TPSA) is 45.2 Å². The number of fused-ring (bicyclic) bond motifs is 2. The van der Waals surface area contributed by atoms with E-state index in [1.54, 1.807) is 11.3 Å². The van der Waals surface area contributed by atoms with Gasteiger partial charge in [-0.2, -0.15) is 0 Å². The molecule has 7 heteroatoms. The molecule has 1 N–H and O–H groups in total. The molecule has 1 aliphatic carbocycles. The first-order chi connectivity index (χ1) is 13.3. The van der Waals surface area contributed by atoms with Crippen LogP contribution in [0.3, 0.4) is 0 Å². The number of amides is 1. The van der Waals surface area contributed by atoms with Gasteiger partial charge in [0.25, 0.3) is 0 Å². The van der Waals surface area contributed by atoms with Crippen molar-refractivity contribution in [1.82, 2.24) is 15.2 Å². The molecule has 4 atom stereocenters. The summed E-state index contributed by atoms with van der Waals surface area (Å²) >= 11 is 1.77. The predicted molar refractivity (Wildman–Crippen MR) is 124 cm³/mol. The van der Waals surface area contributed by atoms with Crippen LogP contribution < -0.4 is 5.32 Å². The first-order valence-corrected chi connectivity index (χ1v) is 11.1. The highest BCUT2D eigenvalue weighted by atomic mass is 35.5. The number of nitrogens with one attached hydrogen (secondary N) is 1. The molecule has 3 aliphatic rings. The number of hydrogen-bond donors (Lipinski definition) is 1. The molecule has 3 heterocycles. The Morgan fingerprint density at radius 3 is 2.45 bits per heavy atom. The van der Waals surface area contributed by atoms with Crippen LogP contribution in [0.5, 0.6) is 0 Å². The largest absolute Gasteiger partial charge is 0.342 e. The van der Waals surface area contributed by atoms with Crippen molar-refractivity contribution in [3.8, 4) is 0 Å². The quantitative estimate of drug-likeness (QED) is 0.672.